The number of ether oxygens (including phenoxy) is 1. The van der Waals surface area contributed by atoms with E-state index >= 15 is 0 Å². The van der Waals surface area contributed by atoms with Gasteiger partial charge in [0.1, 0.15) is 5.69 Å². The normalized spacial score (nSPS) is 11.8. The molecule has 0 amide bonds. The molecule has 0 saturated carbocycles. The van der Waals surface area contributed by atoms with Crippen molar-refractivity contribution in [1.29, 1.82) is 0 Å². The van der Waals surface area contributed by atoms with Gasteiger partial charge in [0, 0.05) is 31.3 Å². The highest BCUT2D eigenvalue weighted by Gasteiger charge is 2.21. The third kappa shape index (κ3) is 4.43. The van der Waals surface area contributed by atoms with Crippen molar-refractivity contribution < 1.29 is 17.7 Å². The van der Waals surface area contributed by atoms with Crippen LogP contribution in [-0.4, -0.2) is 33.4 Å². The Labute approximate surface area is 174 Å². The van der Waals surface area contributed by atoms with Crippen LogP contribution >= 0.6 is 0 Å². The first-order chi connectivity index (χ1) is 14.0. The van der Waals surface area contributed by atoms with Crippen LogP contribution in [0.3, 0.4) is 0 Å². The molecule has 0 N–H and O–H groups in total. The molecule has 30 heavy (non-hydrogen) atoms. The van der Waals surface area contributed by atoms with Crippen LogP contribution in [0.1, 0.15) is 36.6 Å². The van der Waals surface area contributed by atoms with E-state index in [1.54, 1.807) is 60.0 Å². The smallest absolute Gasteiger partial charge is 0.322 e. The minimum atomic E-state index is -3.40. The lowest BCUT2D eigenvalue weighted by Gasteiger charge is -2.12. The van der Waals surface area contributed by atoms with E-state index in [9.17, 15) is 13.2 Å². The highest BCUT2D eigenvalue weighted by Crippen LogP contribution is 2.28. The third-order valence-electron chi connectivity index (χ3n) is 4.65. The first kappa shape index (κ1) is 21.7. The van der Waals surface area contributed by atoms with E-state index in [-0.39, 0.29) is 17.3 Å². The fourth-order valence-corrected chi connectivity index (χ4v) is 3.74. The summed E-state index contributed by atoms with van der Waals surface area (Å²) in [4.78, 5) is 20.8. The van der Waals surface area contributed by atoms with E-state index in [2.05, 4.69) is 15.1 Å². The molecule has 0 fully saturated rings. The minimum Gasteiger partial charge on any atom is -0.418 e. The van der Waals surface area contributed by atoms with Crippen LogP contribution in [0, 0.1) is 20.8 Å². The molecule has 0 aliphatic carbocycles. The van der Waals surface area contributed by atoms with Gasteiger partial charge in [-0.15, -0.1) is 0 Å². The maximum Gasteiger partial charge on any atom is 0.322 e. The Morgan fingerprint density at radius 2 is 1.87 bits per heavy atom. The number of aromatic nitrogens is 4. The zero-order chi connectivity index (χ0) is 22.2. The van der Waals surface area contributed by atoms with Crippen molar-refractivity contribution in [3.05, 3.63) is 51.4 Å². The molecular weight excluding hydrogens is 408 g/mol. The summed E-state index contributed by atoms with van der Waals surface area (Å²) in [6, 6.07) is 3.27. The number of aryl methyl sites for hydroxylation is 4. The minimum absolute atomic E-state index is 0.0256. The van der Waals surface area contributed by atoms with Gasteiger partial charge in [-0.05, 0) is 39.8 Å². The molecule has 160 valence electrons. The van der Waals surface area contributed by atoms with Crippen molar-refractivity contribution in [2.75, 3.05) is 0 Å². The predicted octanol–water partition coefficient (Wildman–Crippen LogP) is 2.87. The lowest BCUT2D eigenvalue weighted by Crippen LogP contribution is -2.19. The Morgan fingerprint density at radius 1 is 1.17 bits per heavy atom. The van der Waals surface area contributed by atoms with Crippen molar-refractivity contribution in [2.45, 2.75) is 45.6 Å². The van der Waals surface area contributed by atoms with Gasteiger partial charge in [-0.3, -0.25) is 4.79 Å². The van der Waals surface area contributed by atoms with Gasteiger partial charge in [0.05, 0.1) is 22.4 Å². The van der Waals surface area contributed by atoms with Crippen molar-refractivity contribution in [3.8, 4) is 23.0 Å². The quantitative estimate of drug-likeness (QED) is 0.584. The average molecular weight is 433 g/mol. The molecule has 3 rings (SSSR count). The molecule has 0 aliphatic rings. The van der Waals surface area contributed by atoms with Crippen molar-refractivity contribution in [2.24, 2.45) is 7.05 Å². The van der Waals surface area contributed by atoms with Gasteiger partial charge in [0.15, 0.2) is 21.3 Å². The predicted molar refractivity (Wildman–Crippen MR) is 111 cm³/mol. The van der Waals surface area contributed by atoms with E-state index in [1.165, 1.54) is 4.57 Å². The molecule has 3 heterocycles. The lowest BCUT2D eigenvalue weighted by atomic mass is 10.1. The Balaban J connectivity index is 2.14. The monoisotopic (exact) mass is 432 g/mol. The fraction of sp³-hybridized carbons (Fsp3) is 0.400. The van der Waals surface area contributed by atoms with E-state index in [0.29, 0.717) is 39.7 Å². The van der Waals surface area contributed by atoms with Gasteiger partial charge in [-0.1, -0.05) is 5.16 Å². The molecule has 0 aromatic carbocycles. The molecule has 0 radical (unpaired) electrons. The molecule has 0 unspecified atom stereocenters. The summed E-state index contributed by atoms with van der Waals surface area (Å²) in [5.41, 5.74) is 2.32. The molecular formula is C20H24N4O5S. The number of sulfone groups is 1. The van der Waals surface area contributed by atoms with Crippen LogP contribution in [-0.2, 0) is 22.6 Å². The summed E-state index contributed by atoms with van der Waals surface area (Å²) < 4.78 is 37.3. The molecule has 0 aliphatic heterocycles. The second kappa shape index (κ2) is 8.02. The van der Waals surface area contributed by atoms with Gasteiger partial charge in [0.25, 0.3) is 5.56 Å². The zero-order valence-corrected chi connectivity index (χ0v) is 18.6. The largest absolute Gasteiger partial charge is 0.418 e. The van der Waals surface area contributed by atoms with E-state index < -0.39 is 15.1 Å². The van der Waals surface area contributed by atoms with Crippen LogP contribution < -0.4 is 10.3 Å². The number of hydrogen-bond acceptors (Lipinski definition) is 8. The summed E-state index contributed by atoms with van der Waals surface area (Å²) in [7, 11) is -1.76. The highest BCUT2D eigenvalue weighted by molar-refractivity contribution is 7.91. The number of pyridine rings is 1. The van der Waals surface area contributed by atoms with Crippen LogP contribution in [0.2, 0.25) is 0 Å². The summed E-state index contributed by atoms with van der Waals surface area (Å²) in [5.74, 6) is 0.570. The summed E-state index contributed by atoms with van der Waals surface area (Å²) >= 11 is 0. The highest BCUT2D eigenvalue weighted by atomic mass is 32.2. The Hall–Kier alpha value is -3.01. The van der Waals surface area contributed by atoms with Gasteiger partial charge in [-0.25, -0.2) is 8.42 Å². The zero-order valence-electron chi connectivity index (χ0n) is 17.8. The Morgan fingerprint density at radius 3 is 2.43 bits per heavy atom. The van der Waals surface area contributed by atoms with Gasteiger partial charge in [0.2, 0.25) is 0 Å². The number of nitrogens with zero attached hydrogens (tertiary/aromatic N) is 4. The summed E-state index contributed by atoms with van der Waals surface area (Å²) in [6.07, 6.45) is 1.64. The van der Waals surface area contributed by atoms with Gasteiger partial charge < -0.3 is 13.8 Å². The van der Waals surface area contributed by atoms with Crippen LogP contribution in [0.5, 0.6) is 11.8 Å². The molecule has 0 spiro atoms. The standard InChI is InChI=1S/C20H24N4O5S/c1-11(2)30(26,27)10-16-8-17(15-7-12(3)19(25)24(6)9-15)22-20(21-16)28-18-13(4)23-29-14(18)5/h7-9,11H,10H2,1-6H3. The SMILES string of the molecule is Cc1noc(C)c1Oc1nc(CS(=O)(=O)C(C)C)cc(-c2cc(C)c(=O)n(C)c2)n1. The fourth-order valence-electron chi connectivity index (χ4n) is 2.84. The second-order valence-corrected chi connectivity index (χ2v) is 10.0. The van der Waals surface area contributed by atoms with Gasteiger partial charge in [-0.2, -0.15) is 9.97 Å². The molecule has 3 aromatic rings. The van der Waals surface area contributed by atoms with Crippen molar-refractivity contribution in [3.63, 3.8) is 0 Å². The van der Waals surface area contributed by atoms with Crippen LogP contribution in [0.4, 0.5) is 0 Å². The van der Waals surface area contributed by atoms with Crippen molar-refractivity contribution in [1.82, 2.24) is 19.7 Å². The molecule has 0 atom stereocenters. The van der Waals surface area contributed by atoms with Crippen molar-refractivity contribution >= 4 is 9.84 Å². The Bertz CT molecular complexity index is 1210. The first-order valence-corrected chi connectivity index (χ1v) is 11.1. The summed E-state index contributed by atoms with van der Waals surface area (Å²) in [6.45, 7) is 8.36. The van der Waals surface area contributed by atoms with E-state index in [4.69, 9.17) is 9.26 Å². The maximum absolute atomic E-state index is 12.5. The van der Waals surface area contributed by atoms with Crippen LogP contribution in [0.25, 0.3) is 11.3 Å². The molecule has 0 saturated heterocycles. The topological polar surface area (TPSA) is 117 Å². The molecule has 3 aromatic heterocycles. The van der Waals surface area contributed by atoms with E-state index in [1.807, 2.05) is 0 Å². The number of hydrogen-bond donors (Lipinski definition) is 0. The maximum atomic E-state index is 12.5. The Kier molecular flexibility index (Phi) is 5.80. The average Bonchev–Trinajstić information content (AvgIpc) is 2.97. The third-order valence-corrected chi connectivity index (χ3v) is 6.78. The number of rotatable bonds is 6. The van der Waals surface area contributed by atoms with Crippen LogP contribution in [0.15, 0.2) is 27.6 Å². The second-order valence-electron chi connectivity index (χ2n) is 7.47. The van der Waals surface area contributed by atoms with E-state index in [0.717, 1.165) is 0 Å². The lowest BCUT2D eigenvalue weighted by molar-refractivity contribution is 0.379. The van der Waals surface area contributed by atoms with Gasteiger partial charge >= 0.3 is 6.01 Å². The summed E-state index contributed by atoms with van der Waals surface area (Å²) in [5, 5.41) is 3.29. The molecule has 9 nitrogen and oxygen atoms in total. The molecule has 10 heteroatoms. The first-order valence-electron chi connectivity index (χ1n) is 9.36. The molecule has 0 bridgehead atoms.